The summed E-state index contributed by atoms with van der Waals surface area (Å²) in [6.45, 7) is 9.99. The number of rotatable bonds is 11. The number of amides is 2. The smallest absolute Gasteiger partial charge is 0.243 e. The Morgan fingerprint density at radius 1 is 1.08 bits per heavy atom. The third-order valence-electron chi connectivity index (χ3n) is 5.73. The molecule has 198 valence electrons. The molecule has 36 heavy (non-hydrogen) atoms. The van der Waals surface area contributed by atoms with Crippen LogP contribution in [-0.4, -0.2) is 49.5 Å². The van der Waals surface area contributed by atoms with Crippen molar-refractivity contribution in [3.63, 3.8) is 0 Å². The van der Waals surface area contributed by atoms with E-state index in [9.17, 15) is 18.0 Å². The maximum absolute atomic E-state index is 13.5. The van der Waals surface area contributed by atoms with Crippen LogP contribution >= 0.6 is 11.6 Å². The SMILES string of the molecule is CCC(C(=O)NC(C)(C)C)N(Cc1ccccc1C)C(=O)CCCN(c1cccc(Cl)c1)S(C)(=O)=O. The standard InChI is InChI=1S/C27H38ClN3O4S/c1-7-24(26(33)29-27(3,4)5)30(19-21-13-9-8-12-20(21)2)25(32)16-11-17-31(36(6,34)35)23-15-10-14-22(28)18-23/h8-10,12-15,18,24H,7,11,16-17,19H2,1-6H3,(H,29,33). The average Bonchev–Trinajstić information content (AvgIpc) is 2.75. The highest BCUT2D eigenvalue weighted by molar-refractivity contribution is 7.92. The van der Waals surface area contributed by atoms with Crippen LogP contribution in [0.4, 0.5) is 5.69 Å². The molecule has 0 aliphatic carbocycles. The maximum atomic E-state index is 13.5. The van der Waals surface area contributed by atoms with Gasteiger partial charge in [0, 0.05) is 30.1 Å². The topological polar surface area (TPSA) is 86.8 Å². The lowest BCUT2D eigenvalue weighted by Gasteiger charge is -2.33. The van der Waals surface area contributed by atoms with Gasteiger partial charge in [-0.05, 0) is 69.9 Å². The van der Waals surface area contributed by atoms with Crippen molar-refractivity contribution in [1.82, 2.24) is 10.2 Å². The van der Waals surface area contributed by atoms with Crippen molar-refractivity contribution < 1.29 is 18.0 Å². The molecule has 1 atom stereocenters. The summed E-state index contributed by atoms with van der Waals surface area (Å²) in [6, 6.07) is 13.7. The second-order valence-corrected chi connectivity index (χ2v) is 12.4. The van der Waals surface area contributed by atoms with Gasteiger partial charge in [0.2, 0.25) is 21.8 Å². The first kappa shape index (κ1) is 29.6. The van der Waals surface area contributed by atoms with Gasteiger partial charge in [-0.25, -0.2) is 8.42 Å². The number of nitrogens with one attached hydrogen (secondary N) is 1. The Kier molecular flexibility index (Phi) is 10.4. The van der Waals surface area contributed by atoms with Crippen LogP contribution in [-0.2, 0) is 26.2 Å². The molecule has 1 N–H and O–H groups in total. The molecule has 2 rings (SSSR count). The normalized spacial score (nSPS) is 12.6. The summed E-state index contributed by atoms with van der Waals surface area (Å²) in [5.74, 6) is -0.405. The molecule has 0 fully saturated rings. The first-order valence-corrected chi connectivity index (χ1v) is 14.3. The van der Waals surface area contributed by atoms with Crippen LogP contribution in [0.2, 0.25) is 5.02 Å². The van der Waals surface area contributed by atoms with Crippen LogP contribution in [0.25, 0.3) is 0 Å². The van der Waals surface area contributed by atoms with Crippen molar-refractivity contribution >= 4 is 39.1 Å². The number of hydrogen-bond donors (Lipinski definition) is 1. The minimum absolute atomic E-state index is 0.0950. The van der Waals surface area contributed by atoms with E-state index in [0.29, 0.717) is 30.1 Å². The highest BCUT2D eigenvalue weighted by Crippen LogP contribution is 2.23. The van der Waals surface area contributed by atoms with E-state index >= 15 is 0 Å². The molecule has 0 aromatic heterocycles. The van der Waals surface area contributed by atoms with Crippen molar-refractivity contribution in [1.29, 1.82) is 0 Å². The van der Waals surface area contributed by atoms with E-state index in [1.807, 2.05) is 58.9 Å². The molecule has 1 unspecified atom stereocenters. The Hall–Kier alpha value is -2.58. The third kappa shape index (κ3) is 8.82. The number of carbonyl (C=O) groups excluding carboxylic acids is 2. The highest BCUT2D eigenvalue weighted by Gasteiger charge is 2.31. The minimum atomic E-state index is -3.58. The lowest BCUT2D eigenvalue weighted by atomic mass is 10.0. The lowest BCUT2D eigenvalue weighted by Crippen LogP contribution is -2.53. The van der Waals surface area contributed by atoms with Gasteiger partial charge in [-0.1, -0.05) is 48.9 Å². The number of aryl methyl sites for hydroxylation is 1. The Bertz CT molecular complexity index is 1160. The predicted octanol–water partition coefficient (Wildman–Crippen LogP) is 4.92. The van der Waals surface area contributed by atoms with E-state index in [4.69, 9.17) is 11.6 Å². The number of halogens is 1. The van der Waals surface area contributed by atoms with Gasteiger partial charge in [-0.15, -0.1) is 0 Å². The molecule has 2 aromatic carbocycles. The van der Waals surface area contributed by atoms with E-state index < -0.39 is 21.6 Å². The highest BCUT2D eigenvalue weighted by atomic mass is 35.5. The summed E-state index contributed by atoms with van der Waals surface area (Å²) < 4.78 is 26.1. The largest absolute Gasteiger partial charge is 0.350 e. The van der Waals surface area contributed by atoms with E-state index in [-0.39, 0.29) is 24.8 Å². The van der Waals surface area contributed by atoms with Crippen molar-refractivity contribution in [2.45, 2.75) is 72.0 Å². The molecule has 0 bridgehead atoms. The molecule has 0 heterocycles. The van der Waals surface area contributed by atoms with Crippen molar-refractivity contribution in [2.75, 3.05) is 17.1 Å². The summed E-state index contributed by atoms with van der Waals surface area (Å²) >= 11 is 6.06. The molecule has 7 nitrogen and oxygen atoms in total. The van der Waals surface area contributed by atoms with Gasteiger partial charge in [0.25, 0.3) is 0 Å². The van der Waals surface area contributed by atoms with E-state index in [0.717, 1.165) is 17.4 Å². The zero-order valence-corrected chi connectivity index (χ0v) is 23.6. The Morgan fingerprint density at radius 3 is 2.31 bits per heavy atom. The molecule has 0 saturated heterocycles. The van der Waals surface area contributed by atoms with E-state index in [1.54, 1.807) is 29.2 Å². The fourth-order valence-electron chi connectivity index (χ4n) is 3.98. The van der Waals surface area contributed by atoms with Gasteiger partial charge in [-0.3, -0.25) is 13.9 Å². The van der Waals surface area contributed by atoms with Crippen LogP contribution in [0.15, 0.2) is 48.5 Å². The van der Waals surface area contributed by atoms with Gasteiger partial charge in [0.05, 0.1) is 11.9 Å². The van der Waals surface area contributed by atoms with Crippen molar-refractivity contribution in [3.05, 3.63) is 64.7 Å². The van der Waals surface area contributed by atoms with Crippen molar-refractivity contribution in [2.24, 2.45) is 0 Å². The lowest BCUT2D eigenvalue weighted by molar-refractivity contribution is -0.142. The number of benzene rings is 2. The van der Waals surface area contributed by atoms with Crippen LogP contribution in [0.1, 0.15) is 58.1 Å². The maximum Gasteiger partial charge on any atom is 0.243 e. The first-order valence-electron chi connectivity index (χ1n) is 12.1. The van der Waals surface area contributed by atoms with Gasteiger partial charge >= 0.3 is 0 Å². The number of nitrogens with zero attached hydrogens (tertiary/aromatic N) is 2. The van der Waals surface area contributed by atoms with E-state index in [2.05, 4.69) is 5.32 Å². The van der Waals surface area contributed by atoms with Crippen LogP contribution in [0, 0.1) is 6.92 Å². The summed E-state index contributed by atoms with van der Waals surface area (Å²) in [6.07, 6.45) is 1.97. The zero-order valence-electron chi connectivity index (χ0n) is 22.0. The second-order valence-electron chi connectivity index (χ2n) is 10.0. The molecule has 0 radical (unpaired) electrons. The number of anilines is 1. The summed E-state index contributed by atoms with van der Waals surface area (Å²) in [7, 11) is -3.58. The number of carbonyl (C=O) groups is 2. The molecule has 0 aliphatic heterocycles. The number of hydrogen-bond acceptors (Lipinski definition) is 4. The van der Waals surface area contributed by atoms with Crippen LogP contribution < -0.4 is 9.62 Å². The van der Waals surface area contributed by atoms with Crippen LogP contribution in [0.3, 0.4) is 0 Å². The van der Waals surface area contributed by atoms with Gasteiger partial charge < -0.3 is 10.2 Å². The first-order chi connectivity index (χ1) is 16.7. The predicted molar refractivity (Wildman–Crippen MR) is 147 cm³/mol. The van der Waals surface area contributed by atoms with E-state index in [1.165, 1.54) is 4.31 Å². The molecule has 9 heteroatoms. The fraction of sp³-hybridized carbons (Fsp3) is 0.481. The van der Waals surface area contributed by atoms with Gasteiger partial charge in [0.1, 0.15) is 6.04 Å². The Morgan fingerprint density at radius 2 is 1.75 bits per heavy atom. The second kappa shape index (κ2) is 12.6. The minimum Gasteiger partial charge on any atom is -0.350 e. The third-order valence-corrected chi connectivity index (χ3v) is 7.16. The molecular weight excluding hydrogens is 498 g/mol. The van der Waals surface area contributed by atoms with Gasteiger partial charge in [-0.2, -0.15) is 0 Å². The summed E-state index contributed by atoms with van der Waals surface area (Å²) in [5, 5.41) is 3.42. The molecule has 2 amide bonds. The monoisotopic (exact) mass is 535 g/mol. The van der Waals surface area contributed by atoms with Gasteiger partial charge in [0.15, 0.2) is 0 Å². The molecule has 0 aliphatic rings. The fourth-order valence-corrected chi connectivity index (χ4v) is 5.12. The average molecular weight is 536 g/mol. The quantitative estimate of drug-likeness (QED) is 0.442. The summed E-state index contributed by atoms with van der Waals surface area (Å²) in [5.41, 5.74) is 2.01. The zero-order chi connectivity index (χ0) is 27.1. The molecule has 2 aromatic rings. The van der Waals surface area contributed by atoms with Crippen LogP contribution in [0.5, 0.6) is 0 Å². The Balaban J connectivity index is 2.25. The molecule has 0 saturated carbocycles. The molecule has 0 spiro atoms. The van der Waals surface area contributed by atoms with Crippen molar-refractivity contribution in [3.8, 4) is 0 Å². The number of sulfonamides is 1. The summed E-state index contributed by atoms with van der Waals surface area (Å²) in [4.78, 5) is 28.3. The Labute approximate surface area is 220 Å². The molecular formula is C27H38ClN3O4S.